The van der Waals surface area contributed by atoms with Gasteiger partial charge in [0.15, 0.2) is 11.5 Å². The number of aliphatic hydroxyl groups excluding tert-OH is 1. The van der Waals surface area contributed by atoms with E-state index in [-0.39, 0.29) is 12.1 Å². The van der Waals surface area contributed by atoms with Crippen molar-refractivity contribution in [3.8, 4) is 11.5 Å². The minimum absolute atomic E-state index is 0.132. The Morgan fingerprint density at radius 2 is 2.11 bits per heavy atom. The molecule has 0 radical (unpaired) electrons. The van der Waals surface area contributed by atoms with Gasteiger partial charge < -0.3 is 19.9 Å². The summed E-state index contributed by atoms with van der Waals surface area (Å²) in [5.41, 5.74) is 0.834. The van der Waals surface area contributed by atoms with Gasteiger partial charge in [-0.05, 0) is 19.4 Å². The SMILES string of the molecule is CCCC(C)(CO)NCc1cccc2c1OCCO2. The van der Waals surface area contributed by atoms with Crippen LogP contribution in [-0.4, -0.2) is 30.5 Å². The highest BCUT2D eigenvalue weighted by atomic mass is 16.6. The van der Waals surface area contributed by atoms with Crippen LogP contribution >= 0.6 is 0 Å². The fourth-order valence-corrected chi connectivity index (χ4v) is 2.36. The average Bonchev–Trinajstić information content (AvgIpc) is 2.45. The van der Waals surface area contributed by atoms with Crippen molar-refractivity contribution in [2.75, 3.05) is 19.8 Å². The molecule has 106 valence electrons. The maximum Gasteiger partial charge on any atom is 0.165 e. The van der Waals surface area contributed by atoms with Crippen molar-refractivity contribution in [2.45, 2.75) is 38.8 Å². The maximum absolute atomic E-state index is 9.51. The molecule has 4 nitrogen and oxygen atoms in total. The van der Waals surface area contributed by atoms with E-state index >= 15 is 0 Å². The monoisotopic (exact) mass is 265 g/mol. The average molecular weight is 265 g/mol. The predicted octanol–water partition coefficient (Wildman–Crippen LogP) is 2.10. The van der Waals surface area contributed by atoms with Crippen LogP contribution in [0.1, 0.15) is 32.3 Å². The number of aliphatic hydroxyl groups is 1. The van der Waals surface area contributed by atoms with E-state index in [2.05, 4.69) is 12.2 Å². The molecule has 2 N–H and O–H groups in total. The highest BCUT2D eigenvalue weighted by molar-refractivity contribution is 5.47. The molecular formula is C15H23NO3. The summed E-state index contributed by atoms with van der Waals surface area (Å²) in [5, 5.41) is 12.9. The van der Waals surface area contributed by atoms with Crippen LogP contribution in [0.5, 0.6) is 11.5 Å². The van der Waals surface area contributed by atoms with E-state index in [1.165, 1.54) is 0 Å². The summed E-state index contributed by atoms with van der Waals surface area (Å²) in [6, 6.07) is 5.93. The Hall–Kier alpha value is -1.26. The normalized spacial score (nSPS) is 17.0. The summed E-state index contributed by atoms with van der Waals surface area (Å²) >= 11 is 0. The van der Waals surface area contributed by atoms with Crippen molar-refractivity contribution in [3.05, 3.63) is 23.8 Å². The van der Waals surface area contributed by atoms with Crippen molar-refractivity contribution in [3.63, 3.8) is 0 Å². The molecule has 1 unspecified atom stereocenters. The van der Waals surface area contributed by atoms with Gasteiger partial charge in [0.05, 0.1) is 6.61 Å². The van der Waals surface area contributed by atoms with Crippen LogP contribution in [0.2, 0.25) is 0 Å². The Labute approximate surface area is 114 Å². The van der Waals surface area contributed by atoms with Gasteiger partial charge in [0.1, 0.15) is 13.2 Å². The second kappa shape index (κ2) is 6.26. The summed E-state index contributed by atoms with van der Waals surface area (Å²) in [7, 11) is 0. The number of ether oxygens (including phenoxy) is 2. The van der Waals surface area contributed by atoms with E-state index < -0.39 is 0 Å². The fourth-order valence-electron chi connectivity index (χ4n) is 2.36. The van der Waals surface area contributed by atoms with Gasteiger partial charge in [0, 0.05) is 17.6 Å². The summed E-state index contributed by atoms with van der Waals surface area (Å²) in [4.78, 5) is 0. The third-order valence-corrected chi connectivity index (χ3v) is 3.50. The van der Waals surface area contributed by atoms with E-state index in [0.717, 1.165) is 29.9 Å². The van der Waals surface area contributed by atoms with Gasteiger partial charge in [-0.1, -0.05) is 25.5 Å². The van der Waals surface area contributed by atoms with Gasteiger partial charge in [-0.2, -0.15) is 0 Å². The molecule has 1 aromatic carbocycles. The molecule has 19 heavy (non-hydrogen) atoms. The van der Waals surface area contributed by atoms with Crippen LogP contribution in [-0.2, 0) is 6.54 Å². The molecule has 1 atom stereocenters. The number of para-hydroxylation sites is 1. The predicted molar refractivity (Wildman–Crippen MR) is 74.7 cm³/mol. The smallest absolute Gasteiger partial charge is 0.165 e. The number of hydrogen-bond acceptors (Lipinski definition) is 4. The third kappa shape index (κ3) is 3.39. The molecule has 4 heteroatoms. The first kappa shape index (κ1) is 14.2. The molecular weight excluding hydrogens is 242 g/mol. The third-order valence-electron chi connectivity index (χ3n) is 3.50. The molecule has 0 aromatic heterocycles. The Kier molecular flexibility index (Phi) is 4.66. The Morgan fingerprint density at radius 1 is 1.32 bits per heavy atom. The number of fused-ring (bicyclic) bond motifs is 1. The van der Waals surface area contributed by atoms with E-state index in [1.54, 1.807) is 0 Å². The highest BCUT2D eigenvalue weighted by Crippen LogP contribution is 2.33. The van der Waals surface area contributed by atoms with Gasteiger partial charge in [-0.25, -0.2) is 0 Å². The second-order valence-electron chi connectivity index (χ2n) is 5.26. The first-order chi connectivity index (χ1) is 9.18. The maximum atomic E-state index is 9.51. The Bertz CT molecular complexity index is 422. The lowest BCUT2D eigenvalue weighted by molar-refractivity contribution is 0.157. The highest BCUT2D eigenvalue weighted by Gasteiger charge is 2.23. The number of benzene rings is 1. The van der Waals surface area contributed by atoms with Gasteiger partial charge in [0.25, 0.3) is 0 Å². The van der Waals surface area contributed by atoms with Crippen molar-refractivity contribution in [1.29, 1.82) is 0 Å². The second-order valence-corrected chi connectivity index (χ2v) is 5.26. The largest absolute Gasteiger partial charge is 0.486 e. The van der Waals surface area contributed by atoms with Gasteiger partial charge >= 0.3 is 0 Å². The van der Waals surface area contributed by atoms with E-state index in [9.17, 15) is 5.11 Å². The number of nitrogens with one attached hydrogen (secondary N) is 1. The van der Waals surface area contributed by atoms with Gasteiger partial charge in [-0.15, -0.1) is 0 Å². The molecule has 0 aliphatic carbocycles. The summed E-state index contributed by atoms with van der Waals surface area (Å²) in [6.07, 6.45) is 1.98. The molecule has 0 saturated heterocycles. The first-order valence-corrected chi connectivity index (χ1v) is 6.92. The molecule has 0 saturated carbocycles. The first-order valence-electron chi connectivity index (χ1n) is 6.92. The number of rotatable bonds is 6. The minimum atomic E-state index is -0.243. The Morgan fingerprint density at radius 3 is 2.84 bits per heavy atom. The zero-order valence-corrected chi connectivity index (χ0v) is 11.7. The fraction of sp³-hybridized carbons (Fsp3) is 0.600. The van der Waals surface area contributed by atoms with Crippen molar-refractivity contribution < 1.29 is 14.6 Å². The zero-order chi connectivity index (χ0) is 13.7. The van der Waals surface area contributed by atoms with Crippen molar-refractivity contribution in [1.82, 2.24) is 5.32 Å². The zero-order valence-electron chi connectivity index (χ0n) is 11.7. The minimum Gasteiger partial charge on any atom is -0.486 e. The van der Waals surface area contributed by atoms with E-state index in [4.69, 9.17) is 9.47 Å². The molecule has 1 aliphatic rings. The molecule has 0 fully saturated rings. The molecule has 1 aromatic rings. The van der Waals surface area contributed by atoms with Crippen LogP contribution in [0.3, 0.4) is 0 Å². The summed E-state index contributed by atoms with van der Waals surface area (Å²) < 4.78 is 11.3. The van der Waals surface area contributed by atoms with Crippen LogP contribution in [0.15, 0.2) is 18.2 Å². The Balaban J connectivity index is 2.07. The molecule has 0 bridgehead atoms. The molecule has 0 amide bonds. The van der Waals surface area contributed by atoms with Gasteiger partial charge in [0.2, 0.25) is 0 Å². The summed E-state index contributed by atoms with van der Waals surface area (Å²) in [5.74, 6) is 1.64. The van der Waals surface area contributed by atoms with Gasteiger partial charge in [-0.3, -0.25) is 0 Å². The lowest BCUT2D eigenvalue weighted by Crippen LogP contribution is -2.45. The van der Waals surface area contributed by atoms with Crippen LogP contribution < -0.4 is 14.8 Å². The van der Waals surface area contributed by atoms with Crippen molar-refractivity contribution >= 4 is 0 Å². The quantitative estimate of drug-likeness (QED) is 0.827. The lowest BCUT2D eigenvalue weighted by Gasteiger charge is -2.29. The molecule has 1 heterocycles. The summed E-state index contributed by atoms with van der Waals surface area (Å²) in [6.45, 7) is 6.17. The van der Waals surface area contributed by atoms with Crippen LogP contribution in [0, 0.1) is 0 Å². The molecule has 0 spiro atoms. The molecule has 2 rings (SSSR count). The van der Waals surface area contributed by atoms with Crippen LogP contribution in [0.4, 0.5) is 0 Å². The van der Waals surface area contributed by atoms with E-state index in [1.807, 2.05) is 25.1 Å². The topological polar surface area (TPSA) is 50.7 Å². The lowest BCUT2D eigenvalue weighted by atomic mass is 9.97. The van der Waals surface area contributed by atoms with E-state index in [0.29, 0.717) is 19.8 Å². The van der Waals surface area contributed by atoms with Crippen molar-refractivity contribution in [2.24, 2.45) is 0 Å². The molecule has 1 aliphatic heterocycles. The standard InChI is InChI=1S/C15H23NO3/c1-3-7-15(2,11-17)16-10-12-5-4-6-13-14(12)19-9-8-18-13/h4-6,16-17H,3,7-11H2,1-2H3. The number of hydrogen-bond donors (Lipinski definition) is 2. The van der Waals surface area contributed by atoms with Crippen LogP contribution in [0.25, 0.3) is 0 Å².